The number of carbonyl (C=O) groups excluding carboxylic acids is 1. The third-order valence-corrected chi connectivity index (χ3v) is 4.18. The second kappa shape index (κ2) is 7.40. The van der Waals surface area contributed by atoms with E-state index < -0.39 is 0 Å². The van der Waals surface area contributed by atoms with E-state index in [-0.39, 0.29) is 11.8 Å². The zero-order valence-corrected chi connectivity index (χ0v) is 14.0. The molecule has 0 saturated carbocycles. The third kappa shape index (κ3) is 3.60. The van der Waals surface area contributed by atoms with Crippen LogP contribution in [0.25, 0.3) is 11.5 Å². The second-order valence-electron chi connectivity index (χ2n) is 5.99. The maximum Gasteiger partial charge on any atom is 0.231 e. The van der Waals surface area contributed by atoms with Gasteiger partial charge in [-0.3, -0.25) is 9.78 Å². The minimum absolute atomic E-state index is 0.0271. The first-order valence-electron chi connectivity index (χ1n) is 8.35. The number of nitrogens with one attached hydrogen (secondary N) is 1. The zero-order chi connectivity index (χ0) is 17.8. The molecule has 0 spiro atoms. The molecule has 8 heteroatoms. The first-order chi connectivity index (χ1) is 12.8. The molecule has 1 unspecified atom stereocenters. The predicted molar refractivity (Wildman–Crippen MR) is 92.1 cm³/mol. The van der Waals surface area contributed by atoms with Crippen LogP contribution in [-0.2, 0) is 16.0 Å². The number of hydrogen-bond donors (Lipinski definition) is 1. The number of ether oxygens (including phenoxy) is 1. The van der Waals surface area contributed by atoms with Crippen LogP contribution in [0.4, 0.5) is 5.69 Å². The molecule has 132 valence electrons. The van der Waals surface area contributed by atoms with Gasteiger partial charge in [-0.25, -0.2) is 4.98 Å². The lowest BCUT2D eigenvalue weighted by Crippen LogP contribution is -2.23. The summed E-state index contributed by atoms with van der Waals surface area (Å²) >= 11 is 0. The van der Waals surface area contributed by atoms with Crippen molar-refractivity contribution >= 4 is 11.6 Å². The van der Waals surface area contributed by atoms with Crippen molar-refractivity contribution in [2.75, 3.05) is 18.5 Å². The van der Waals surface area contributed by atoms with Gasteiger partial charge in [-0.15, -0.1) is 0 Å². The van der Waals surface area contributed by atoms with Crippen LogP contribution in [0.2, 0.25) is 0 Å². The predicted octanol–water partition coefficient (Wildman–Crippen LogP) is 2.09. The normalized spacial score (nSPS) is 16.5. The quantitative estimate of drug-likeness (QED) is 0.750. The van der Waals surface area contributed by atoms with Gasteiger partial charge in [0.25, 0.3) is 0 Å². The van der Waals surface area contributed by atoms with E-state index in [0.717, 1.165) is 17.7 Å². The van der Waals surface area contributed by atoms with Gasteiger partial charge < -0.3 is 14.6 Å². The van der Waals surface area contributed by atoms with Gasteiger partial charge >= 0.3 is 0 Å². The summed E-state index contributed by atoms with van der Waals surface area (Å²) in [5.74, 6) is 0.699. The number of benzene rings is 1. The maximum atomic E-state index is 12.4. The van der Waals surface area contributed by atoms with Gasteiger partial charge in [0.2, 0.25) is 17.6 Å². The van der Waals surface area contributed by atoms with E-state index in [0.29, 0.717) is 37.0 Å². The fourth-order valence-electron chi connectivity index (χ4n) is 2.78. The van der Waals surface area contributed by atoms with Crippen molar-refractivity contribution in [2.45, 2.75) is 12.8 Å². The first kappa shape index (κ1) is 16.3. The van der Waals surface area contributed by atoms with Crippen molar-refractivity contribution in [1.29, 1.82) is 0 Å². The molecule has 1 aliphatic rings. The average Bonchev–Trinajstić information content (AvgIpc) is 3.36. The van der Waals surface area contributed by atoms with Crippen LogP contribution in [0.5, 0.6) is 0 Å². The number of nitrogens with zero attached hydrogens (tertiary/aromatic N) is 4. The van der Waals surface area contributed by atoms with Crippen LogP contribution < -0.4 is 5.32 Å². The lowest BCUT2D eigenvalue weighted by Gasteiger charge is -2.12. The van der Waals surface area contributed by atoms with Crippen LogP contribution in [0.1, 0.15) is 17.9 Å². The Balaban J connectivity index is 1.50. The number of hydrogen-bond acceptors (Lipinski definition) is 7. The highest BCUT2D eigenvalue weighted by molar-refractivity contribution is 5.93. The van der Waals surface area contributed by atoms with E-state index in [4.69, 9.17) is 9.26 Å². The third-order valence-electron chi connectivity index (χ3n) is 4.18. The zero-order valence-electron chi connectivity index (χ0n) is 14.0. The van der Waals surface area contributed by atoms with Gasteiger partial charge in [0.15, 0.2) is 0 Å². The second-order valence-corrected chi connectivity index (χ2v) is 5.99. The van der Waals surface area contributed by atoms with Crippen LogP contribution >= 0.6 is 0 Å². The SMILES string of the molecule is O=C(Nc1ccccc1Cc1nc(-c2cnccn2)no1)C1CCOC1. The summed E-state index contributed by atoms with van der Waals surface area (Å²) in [6, 6.07) is 7.57. The van der Waals surface area contributed by atoms with Crippen molar-refractivity contribution in [3.63, 3.8) is 0 Å². The molecule has 0 bridgehead atoms. The Morgan fingerprint density at radius 3 is 3.00 bits per heavy atom. The molecule has 1 atom stereocenters. The molecular weight excluding hydrogens is 334 g/mol. The van der Waals surface area contributed by atoms with Crippen molar-refractivity contribution in [3.05, 3.63) is 54.3 Å². The topological polar surface area (TPSA) is 103 Å². The van der Waals surface area contributed by atoms with Gasteiger partial charge in [-0.2, -0.15) is 4.98 Å². The van der Waals surface area contributed by atoms with Crippen LogP contribution in [0.15, 0.2) is 47.4 Å². The molecule has 1 N–H and O–H groups in total. The Labute approximate surface area is 149 Å². The lowest BCUT2D eigenvalue weighted by molar-refractivity contribution is -0.119. The molecule has 3 heterocycles. The molecule has 1 amide bonds. The molecular formula is C18H17N5O3. The van der Waals surface area contributed by atoms with Crippen molar-refractivity contribution in [3.8, 4) is 11.5 Å². The highest BCUT2D eigenvalue weighted by atomic mass is 16.5. The smallest absolute Gasteiger partial charge is 0.231 e. The Bertz CT molecular complexity index is 891. The van der Waals surface area contributed by atoms with E-state index in [1.54, 1.807) is 18.6 Å². The fourth-order valence-corrected chi connectivity index (χ4v) is 2.78. The monoisotopic (exact) mass is 351 g/mol. The molecule has 2 aromatic heterocycles. The summed E-state index contributed by atoms with van der Waals surface area (Å²) in [5, 5.41) is 6.92. The molecule has 1 aliphatic heterocycles. The van der Waals surface area contributed by atoms with Gasteiger partial charge in [0, 0.05) is 24.7 Å². The van der Waals surface area contributed by atoms with Gasteiger partial charge in [-0.05, 0) is 18.1 Å². The van der Waals surface area contributed by atoms with E-state index in [9.17, 15) is 4.79 Å². The van der Waals surface area contributed by atoms with Crippen molar-refractivity contribution in [2.24, 2.45) is 5.92 Å². The largest absolute Gasteiger partial charge is 0.381 e. The summed E-state index contributed by atoms with van der Waals surface area (Å²) in [7, 11) is 0. The van der Waals surface area contributed by atoms with Gasteiger partial charge in [0.05, 0.1) is 25.1 Å². The Kier molecular flexibility index (Phi) is 4.65. The summed E-state index contributed by atoms with van der Waals surface area (Å²) in [6.07, 6.45) is 5.89. The Morgan fingerprint density at radius 1 is 1.27 bits per heavy atom. The summed E-state index contributed by atoms with van der Waals surface area (Å²) in [6.45, 7) is 1.10. The summed E-state index contributed by atoms with van der Waals surface area (Å²) in [5.41, 5.74) is 2.18. The molecule has 0 radical (unpaired) electrons. The molecule has 26 heavy (non-hydrogen) atoms. The minimum Gasteiger partial charge on any atom is -0.381 e. The Hall–Kier alpha value is -3.13. The van der Waals surface area contributed by atoms with Crippen molar-refractivity contribution < 1.29 is 14.1 Å². The number of para-hydroxylation sites is 1. The summed E-state index contributed by atoms with van der Waals surface area (Å²) < 4.78 is 10.6. The first-order valence-corrected chi connectivity index (χ1v) is 8.35. The highest BCUT2D eigenvalue weighted by Gasteiger charge is 2.24. The minimum atomic E-state index is -0.102. The van der Waals surface area contributed by atoms with Crippen LogP contribution in [0.3, 0.4) is 0 Å². The standard InChI is InChI=1S/C18H17N5O3/c24-18(13-5-8-25-11-13)21-14-4-2-1-3-12(14)9-16-22-17(23-26-16)15-10-19-6-7-20-15/h1-4,6-7,10,13H,5,8-9,11H2,(H,21,24). The number of aromatic nitrogens is 4. The molecule has 1 fully saturated rings. The lowest BCUT2D eigenvalue weighted by atomic mass is 10.1. The molecule has 4 rings (SSSR count). The highest BCUT2D eigenvalue weighted by Crippen LogP contribution is 2.22. The molecule has 1 aromatic carbocycles. The number of anilines is 1. The molecule has 1 saturated heterocycles. The molecule has 0 aliphatic carbocycles. The molecule has 8 nitrogen and oxygen atoms in total. The van der Waals surface area contributed by atoms with Crippen molar-refractivity contribution in [1.82, 2.24) is 20.1 Å². The molecule has 3 aromatic rings. The van der Waals surface area contributed by atoms with E-state index in [2.05, 4.69) is 25.4 Å². The van der Waals surface area contributed by atoms with Crippen LogP contribution in [-0.4, -0.2) is 39.2 Å². The van der Waals surface area contributed by atoms with E-state index in [1.165, 1.54) is 0 Å². The van der Waals surface area contributed by atoms with Gasteiger partial charge in [-0.1, -0.05) is 23.4 Å². The van der Waals surface area contributed by atoms with E-state index in [1.807, 2.05) is 24.3 Å². The number of rotatable bonds is 5. The number of carbonyl (C=O) groups is 1. The average molecular weight is 351 g/mol. The Morgan fingerprint density at radius 2 is 2.19 bits per heavy atom. The van der Waals surface area contributed by atoms with Crippen LogP contribution in [0, 0.1) is 5.92 Å². The summed E-state index contributed by atoms with van der Waals surface area (Å²) in [4.78, 5) is 24.9. The van der Waals surface area contributed by atoms with Gasteiger partial charge in [0.1, 0.15) is 5.69 Å². The number of amides is 1. The van der Waals surface area contributed by atoms with E-state index >= 15 is 0 Å². The maximum absolute atomic E-state index is 12.4. The fraction of sp³-hybridized carbons (Fsp3) is 0.278.